The van der Waals surface area contributed by atoms with Crippen LogP contribution in [0.2, 0.25) is 0 Å². The SMILES string of the molecule is Cc1cccc(N2CCN(CCCl)CC2)c1C. The van der Waals surface area contributed by atoms with Gasteiger partial charge in [-0.25, -0.2) is 0 Å². The second kappa shape index (κ2) is 5.74. The van der Waals surface area contributed by atoms with Gasteiger partial charge in [-0.15, -0.1) is 11.6 Å². The van der Waals surface area contributed by atoms with E-state index in [0.717, 1.165) is 38.6 Å². The summed E-state index contributed by atoms with van der Waals surface area (Å²) in [7, 11) is 0. The summed E-state index contributed by atoms with van der Waals surface area (Å²) in [4.78, 5) is 4.93. The van der Waals surface area contributed by atoms with Crippen LogP contribution in [-0.2, 0) is 0 Å². The van der Waals surface area contributed by atoms with Crippen molar-refractivity contribution in [2.24, 2.45) is 0 Å². The maximum Gasteiger partial charge on any atom is 0.0399 e. The van der Waals surface area contributed by atoms with E-state index in [0.29, 0.717) is 0 Å². The van der Waals surface area contributed by atoms with E-state index in [1.54, 1.807) is 0 Å². The lowest BCUT2D eigenvalue weighted by molar-refractivity contribution is 0.272. The highest BCUT2D eigenvalue weighted by atomic mass is 35.5. The summed E-state index contributed by atoms with van der Waals surface area (Å²) < 4.78 is 0. The Kier molecular flexibility index (Phi) is 4.30. The third-order valence-electron chi connectivity index (χ3n) is 3.69. The van der Waals surface area contributed by atoms with E-state index in [4.69, 9.17) is 11.6 Å². The highest BCUT2D eigenvalue weighted by Gasteiger charge is 2.17. The fourth-order valence-electron chi connectivity index (χ4n) is 2.41. The monoisotopic (exact) mass is 252 g/mol. The number of hydrogen-bond donors (Lipinski definition) is 0. The van der Waals surface area contributed by atoms with Crippen LogP contribution in [0.3, 0.4) is 0 Å². The molecule has 0 atom stereocenters. The number of halogens is 1. The van der Waals surface area contributed by atoms with E-state index in [9.17, 15) is 0 Å². The summed E-state index contributed by atoms with van der Waals surface area (Å²) in [5.41, 5.74) is 4.19. The predicted molar refractivity (Wildman–Crippen MR) is 75.3 cm³/mol. The fourth-order valence-corrected chi connectivity index (χ4v) is 2.65. The topological polar surface area (TPSA) is 6.48 Å². The van der Waals surface area contributed by atoms with Crippen LogP contribution in [0, 0.1) is 13.8 Å². The Hall–Kier alpha value is -0.730. The van der Waals surface area contributed by atoms with Gasteiger partial charge < -0.3 is 4.90 Å². The van der Waals surface area contributed by atoms with Crippen molar-refractivity contribution in [2.75, 3.05) is 43.5 Å². The summed E-state index contributed by atoms with van der Waals surface area (Å²) in [5, 5.41) is 0. The third kappa shape index (κ3) is 2.93. The lowest BCUT2D eigenvalue weighted by Gasteiger charge is -2.36. The minimum absolute atomic E-state index is 0.740. The first kappa shape index (κ1) is 12.7. The van der Waals surface area contributed by atoms with Crippen LogP contribution in [0.1, 0.15) is 11.1 Å². The zero-order chi connectivity index (χ0) is 12.3. The highest BCUT2D eigenvalue weighted by molar-refractivity contribution is 6.18. The van der Waals surface area contributed by atoms with Crippen LogP contribution in [0.5, 0.6) is 0 Å². The number of nitrogens with zero attached hydrogens (tertiary/aromatic N) is 2. The number of anilines is 1. The first-order chi connectivity index (χ1) is 8.22. The normalized spacial score (nSPS) is 17.5. The van der Waals surface area contributed by atoms with Gasteiger partial charge >= 0.3 is 0 Å². The molecule has 1 saturated heterocycles. The van der Waals surface area contributed by atoms with Crippen molar-refractivity contribution >= 4 is 17.3 Å². The first-order valence-electron chi connectivity index (χ1n) is 6.32. The molecule has 1 aromatic rings. The maximum absolute atomic E-state index is 5.78. The van der Waals surface area contributed by atoms with Crippen LogP contribution >= 0.6 is 11.6 Å². The quantitative estimate of drug-likeness (QED) is 0.764. The van der Waals surface area contributed by atoms with Gasteiger partial charge in [0.1, 0.15) is 0 Å². The van der Waals surface area contributed by atoms with Crippen LogP contribution < -0.4 is 4.90 Å². The summed E-state index contributed by atoms with van der Waals surface area (Å²) in [6, 6.07) is 6.57. The molecule has 0 bridgehead atoms. The standard InChI is InChI=1S/C14H21ClN2/c1-12-4-3-5-14(13(12)2)17-10-8-16(7-6-15)9-11-17/h3-5H,6-11H2,1-2H3. The van der Waals surface area contributed by atoms with Gasteiger partial charge in [0.05, 0.1) is 0 Å². The van der Waals surface area contributed by atoms with Crippen LogP contribution in [-0.4, -0.2) is 43.5 Å². The van der Waals surface area contributed by atoms with Gasteiger partial charge in [-0.3, -0.25) is 4.90 Å². The summed E-state index contributed by atoms with van der Waals surface area (Å²) in [6.07, 6.45) is 0. The van der Waals surface area contributed by atoms with Crippen LogP contribution in [0.15, 0.2) is 18.2 Å². The second-order valence-corrected chi connectivity index (χ2v) is 5.11. The number of aryl methyl sites for hydroxylation is 1. The van der Waals surface area contributed by atoms with Gasteiger partial charge in [0, 0.05) is 44.3 Å². The van der Waals surface area contributed by atoms with E-state index in [1.807, 2.05) is 0 Å². The molecule has 3 heteroatoms. The van der Waals surface area contributed by atoms with E-state index >= 15 is 0 Å². The number of piperazine rings is 1. The molecule has 2 rings (SSSR count). The van der Waals surface area contributed by atoms with Crippen molar-refractivity contribution in [2.45, 2.75) is 13.8 Å². The molecule has 1 heterocycles. The number of rotatable bonds is 3. The predicted octanol–water partition coefficient (Wildman–Crippen LogP) is 2.66. The zero-order valence-electron chi connectivity index (χ0n) is 10.7. The Morgan fingerprint density at radius 2 is 1.82 bits per heavy atom. The average molecular weight is 253 g/mol. The van der Waals surface area contributed by atoms with Crippen molar-refractivity contribution in [1.29, 1.82) is 0 Å². The molecule has 17 heavy (non-hydrogen) atoms. The smallest absolute Gasteiger partial charge is 0.0399 e. The highest BCUT2D eigenvalue weighted by Crippen LogP contribution is 2.23. The molecule has 2 nitrogen and oxygen atoms in total. The van der Waals surface area contributed by atoms with Gasteiger partial charge in [-0.1, -0.05) is 12.1 Å². The largest absolute Gasteiger partial charge is 0.369 e. The molecule has 0 radical (unpaired) electrons. The molecular formula is C14H21ClN2. The lowest BCUT2D eigenvalue weighted by Crippen LogP contribution is -2.47. The average Bonchev–Trinajstić information content (AvgIpc) is 2.34. The fraction of sp³-hybridized carbons (Fsp3) is 0.571. The Balaban J connectivity index is 2.03. The molecule has 0 saturated carbocycles. The third-order valence-corrected chi connectivity index (χ3v) is 3.86. The van der Waals surface area contributed by atoms with Gasteiger partial charge in [-0.05, 0) is 31.0 Å². The summed E-state index contributed by atoms with van der Waals surface area (Å²) in [5.74, 6) is 0.740. The van der Waals surface area contributed by atoms with Crippen molar-refractivity contribution in [3.05, 3.63) is 29.3 Å². The van der Waals surface area contributed by atoms with Gasteiger partial charge in [0.15, 0.2) is 0 Å². The van der Waals surface area contributed by atoms with Crippen molar-refractivity contribution in [3.8, 4) is 0 Å². The number of benzene rings is 1. The number of alkyl halides is 1. The zero-order valence-corrected chi connectivity index (χ0v) is 11.5. The molecule has 94 valence electrons. The summed E-state index contributed by atoms with van der Waals surface area (Å²) in [6.45, 7) is 9.89. The molecule has 0 aliphatic carbocycles. The minimum atomic E-state index is 0.740. The Labute approximate surface area is 109 Å². The first-order valence-corrected chi connectivity index (χ1v) is 6.85. The summed E-state index contributed by atoms with van der Waals surface area (Å²) >= 11 is 5.78. The minimum Gasteiger partial charge on any atom is -0.369 e. The number of hydrogen-bond acceptors (Lipinski definition) is 2. The van der Waals surface area contributed by atoms with Crippen molar-refractivity contribution in [1.82, 2.24) is 4.90 Å². The molecular weight excluding hydrogens is 232 g/mol. The van der Waals surface area contributed by atoms with E-state index in [2.05, 4.69) is 41.8 Å². The van der Waals surface area contributed by atoms with E-state index < -0.39 is 0 Å². The maximum atomic E-state index is 5.78. The van der Waals surface area contributed by atoms with Gasteiger partial charge in [0.2, 0.25) is 0 Å². The molecule has 1 aromatic carbocycles. The molecule has 0 spiro atoms. The Morgan fingerprint density at radius 1 is 1.12 bits per heavy atom. The van der Waals surface area contributed by atoms with Crippen LogP contribution in [0.25, 0.3) is 0 Å². The molecule has 1 aliphatic heterocycles. The Morgan fingerprint density at radius 3 is 2.47 bits per heavy atom. The Bertz CT molecular complexity index is 370. The molecule has 1 fully saturated rings. The molecule has 0 amide bonds. The molecule has 0 aromatic heterocycles. The molecule has 0 unspecified atom stereocenters. The molecule has 0 N–H and O–H groups in total. The lowest BCUT2D eigenvalue weighted by atomic mass is 10.1. The van der Waals surface area contributed by atoms with Crippen molar-refractivity contribution in [3.63, 3.8) is 0 Å². The molecule has 1 aliphatic rings. The van der Waals surface area contributed by atoms with Gasteiger partial charge in [0.25, 0.3) is 0 Å². The second-order valence-electron chi connectivity index (χ2n) is 4.74. The van der Waals surface area contributed by atoms with E-state index in [-0.39, 0.29) is 0 Å². The van der Waals surface area contributed by atoms with Gasteiger partial charge in [-0.2, -0.15) is 0 Å². The van der Waals surface area contributed by atoms with Crippen molar-refractivity contribution < 1.29 is 0 Å². The van der Waals surface area contributed by atoms with Crippen LogP contribution in [0.4, 0.5) is 5.69 Å². The van der Waals surface area contributed by atoms with E-state index in [1.165, 1.54) is 16.8 Å².